The summed E-state index contributed by atoms with van der Waals surface area (Å²) in [6.45, 7) is 2.03. The second-order valence-electron chi connectivity index (χ2n) is 5.51. The lowest BCUT2D eigenvalue weighted by molar-refractivity contribution is 0.453. The quantitative estimate of drug-likeness (QED) is 0.718. The number of nitrogens with zero attached hydrogens (tertiary/aromatic N) is 3. The molecule has 0 radical (unpaired) electrons. The van der Waals surface area contributed by atoms with Crippen molar-refractivity contribution in [1.82, 2.24) is 19.9 Å². The Bertz CT molecular complexity index is 805. The topological polar surface area (TPSA) is 68.2 Å². The summed E-state index contributed by atoms with van der Waals surface area (Å²) < 4.78 is 2.59. The average molecular weight is 378 g/mol. The maximum atomic E-state index is 6.29. The minimum Gasteiger partial charge on any atom is -0.383 e. The van der Waals surface area contributed by atoms with Crippen LogP contribution in [0, 0.1) is 0 Å². The van der Waals surface area contributed by atoms with Gasteiger partial charge in [0.1, 0.15) is 5.82 Å². The summed E-state index contributed by atoms with van der Waals surface area (Å²) in [4.78, 5) is 6.08. The molecule has 4 heterocycles. The van der Waals surface area contributed by atoms with Gasteiger partial charge in [0, 0.05) is 17.3 Å². The second kappa shape index (κ2) is 5.64. The molecule has 0 aliphatic carbocycles. The van der Waals surface area contributed by atoms with Crippen LogP contribution in [-0.2, 0) is 0 Å². The number of nitrogens with one attached hydrogen (secondary N) is 1. The van der Waals surface area contributed by atoms with Gasteiger partial charge in [-0.15, -0.1) is 11.3 Å². The van der Waals surface area contributed by atoms with Gasteiger partial charge in [0.2, 0.25) is 0 Å². The Balaban J connectivity index is 1.90. The van der Waals surface area contributed by atoms with Crippen LogP contribution in [0.1, 0.15) is 24.5 Å². The van der Waals surface area contributed by atoms with Gasteiger partial charge in [0.05, 0.1) is 21.9 Å². The van der Waals surface area contributed by atoms with E-state index in [1.807, 2.05) is 12.3 Å². The fourth-order valence-corrected chi connectivity index (χ4v) is 4.29. The van der Waals surface area contributed by atoms with E-state index >= 15 is 0 Å². The smallest absolute Gasteiger partial charge is 0.166 e. The molecule has 0 saturated carbocycles. The zero-order chi connectivity index (χ0) is 15.1. The third-order valence-corrected chi connectivity index (χ3v) is 5.83. The lowest BCUT2D eigenvalue weighted by Crippen LogP contribution is -2.29. The highest BCUT2D eigenvalue weighted by Gasteiger charge is 2.23. The maximum absolute atomic E-state index is 6.29. The minimum atomic E-state index is 0.390. The van der Waals surface area contributed by atoms with E-state index in [1.165, 1.54) is 6.42 Å². The molecule has 1 saturated heterocycles. The van der Waals surface area contributed by atoms with Gasteiger partial charge in [-0.05, 0) is 46.8 Å². The van der Waals surface area contributed by atoms with Gasteiger partial charge < -0.3 is 11.1 Å². The Morgan fingerprint density at radius 2 is 2.36 bits per heavy atom. The minimum absolute atomic E-state index is 0.390. The normalized spacial score (nSPS) is 18.9. The van der Waals surface area contributed by atoms with Gasteiger partial charge in [-0.25, -0.2) is 4.98 Å². The first-order valence-electron chi connectivity index (χ1n) is 7.33. The van der Waals surface area contributed by atoms with Crippen LogP contribution in [0.4, 0.5) is 5.82 Å². The molecule has 0 aromatic carbocycles. The van der Waals surface area contributed by atoms with Gasteiger partial charge >= 0.3 is 0 Å². The van der Waals surface area contributed by atoms with Gasteiger partial charge in [-0.1, -0.05) is 6.07 Å². The number of fused-ring (bicyclic) bond motifs is 1. The maximum Gasteiger partial charge on any atom is 0.166 e. The molecule has 0 amide bonds. The van der Waals surface area contributed by atoms with Crippen molar-refractivity contribution in [2.75, 3.05) is 18.8 Å². The van der Waals surface area contributed by atoms with Crippen molar-refractivity contribution < 1.29 is 0 Å². The first kappa shape index (κ1) is 14.2. The predicted octanol–water partition coefficient (Wildman–Crippen LogP) is 3.27. The molecule has 3 aromatic rings. The van der Waals surface area contributed by atoms with Gasteiger partial charge in [-0.3, -0.25) is 0 Å². The van der Waals surface area contributed by atoms with Crippen molar-refractivity contribution >= 4 is 38.7 Å². The second-order valence-corrected chi connectivity index (χ2v) is 7.25. The van der Waals surface area contributed by atoms with Crippen molar-refractivity contribution in [2.24, 2.45) is 0 Å². The molecule has 1 unspecified atom stereocenters. The third-order valence-electron chi connectivity index (χ3n) is 4.12. The number of hydrogen-bond acceptors (Lipinski definition) is 5. The molecule has 22 heavy (non-hydrogen) atoms. The lowest BCUT2D eigenvalue weighted by atomic mass is 9.96. The molecule has 4 rings (SSSR count). The SMILES string of the molecule is Nc1c(Br)c(C2CCCNC2)nc2c(-c3cccs3)cnn12. The molecule has 0 bridgehead atoms. The molecule has 114 valence electrons. The van der Waals surface area contributed by atoms with Crippen LogP contribution in [0.2, 0.25) is 0 Å². The van der Waals surface area contributed by atoms with E-state index in [0.29, 0.717) is 11.7 Å². The lowest BCUT2D eigenvalue weighted by Gasteiger charge is -2.23. The van der Waals surface area contributed by atoms with Crippen LogP contribution >= 0.6 is 27.3 Å². The average Bonchev–Trinajstić information content (AvgIpc) is 3.20. The van der Waals surface area contributed by atoms with E-state index < -0.39 is 0 Å². The number of aromatic nitrogens is 3. The van der Waals surface area contributed by atoms with Crippen LogP contribution in [-0.4, -0.2) is 27.7 Å². The molecule has 7 heteroatoms. The first-order chi connectivity index (χ1) is 10.8. The van der Waals surface area contributed by atoms with Crippen LogP contribution in [0.25, 0.3) is 16.1 Å². The standard InChI is InChI=1S/C15H16BrN5S/c16-12-13(9-3-1-5-18-7-9)20-15-10(11-4-2-6-22-11)8-19-21(15)14(12)17/h2,4,6,8-9,18H,1,3,5,7,17H2. The van der Waals surface area contributed by atoms with Gasteiger partial charge in [0.15, 0.2) is 5.65 Å². The zero-order valence-electron chi connectivity index (χ0n) is 11.9. The number of piperidine rings is 1. The molecule has 0 spiro atoms. The van der Waals surface area contributed by atoms with E-state index in [9.17, 15) is 0 Å². The van der Waals surface area contributed by atoms with E-state index in [-0.39, 0.29) is 0 Å². The summed E-state index contributed by atoms with van der Waals surface area (Å²) in [5.41, 5.74) is 9.20. The summed E-state index contributed by atoms with van der Waals surface area (Å²) >= 11 is 5.31. The predicted molar refractivity (Wildman–Crippen MR) is 93.3 cm³/mol. The summed E-state index contributed by atoms with van der Waals surface area (Å²) in [5.74, 6) is 1.01. The number of hydrogen-bond donors (Lipinski definition) is 2. The van der Waals surface area contributed by atoms with E-state index in [1.54, 1.807) is 15.9 Å². The number of nitrogen functional groups attached to an aromatic ring is 1. The molecule has 3 aromatic heterocycles. The highest BCUT2D eigenvalue weighted by Crippen LogP contribution is 2.35. The van der Waals surface area contributed by atoms with E-state index in [0.717, 1.165) is 45.8 Å². The highest BCUT2D eigenvalue weighted by molar-refractivity contribution is 9.10. The van der Waals surface area contributed by atoms with Crippen molar-refractivity contribution in [1.29, 1.82) is 0 Å². The highest BCUT2D eigenvalue weighted by atomic mass is 79.9. The number of thiophene rings is 1. The molecule has 1 aliphatic heterocycles. The number of rotatable bonds is 2. The van der Waals surface area contributed by atoms with Crippen LogP contribution in [0.15, 0.2) is 28.2 Å². The Morgan fingerprint density at radius 1 is 1.45 bits per heavy atom. The number of anilines is 1. The van der Waals surface area contributed by atoms with Crippen LogP contribution in [0.3, 0.4) is 0 Å². The number of halogens is 1. The summed E-state index contributed by atoms with van der Waals surface area (Å²) in [5, 5.41) is 9.92. The largest absolute Gasteiger partial charge is 0.383 e. The molecule has 3 N–H and O–H groups in total. The van der Waals surface area contributed by atoms with Crippen molar-refractivity contribution in [3.05, 3.63) is 33.9 Å². The van der Waals surface area contributed by atoms with Crippen molar-refractivity contribution in [3.8, 4) is 10.4 Å². The molecule has 1 aliphatic rings. The summed E-state index contributed by atoms with van der Waals surface area (Å²) in [7, 11) is 0. The monoisotopic (exact) mass is 377 g/mol. The van der Waals surface area contributed by atoms with Crippen LogP contribution in [0.5, 0.6) is 0 Å². The fourth-order valence-electron chi connectivity index (χ4n) is 2.97. The van der Waals surface area contributed by atoms with Crippen molar-refractivity contribution in [2.45, 2.75) is 18.8 Å². The summed E-state index contributed by atoms with van der Waals surface area (Å²) in [6.07, 6.45) is 4.15. The molecular formula is C15H16BrN5S. The Hall–Kier alpha value is -1.44. The molecular weight excluding hydrogens is 362 g/mol. The molecule has 5 nitrogen and oxygen atoms in total. The molecule has 1 fully saturated rings. The molecule has 1 atom stereocenters. The fraction of sp³-hybridized carbons (Fsp3) is 0.333. The van der Waals surface area contributed by atoms with Gasteiger partial charge in [-0.2, -0.15) is 9.61 Å². The summed E-state index contributed by atoms with van der Waals surface area (Å²) in [6, 6.07) is 4.13. The van der Waals surface area contributed by atoms with E-state index in [2.05, 4.69) is 37.8 Å². The Labute approximate surface area is 140 Å². The third kappa shape index (κ3) is 2.24. The Kier molecular flexibility index (Phi) is 3.63. The van der Waals surface area contributed by atoms with E-state index in [4.69, 9.17) is 10.7 Å². The zero-order valence-corrected chi connectivity index (χ0v) is 14.3. The number of nitrogens with two attached hydrogens (primary N) is 1. The first-order valence-corrected chi connectivity index (χ1v) is 9.00. The Morgan fingerprint density at radius 3 is 3.09 bits per heavy atom. The van der Waals surface area contributed by atoms with Gasteiger partial charge in [0.25, 0.3) is 0 Å². The van der Waals surface area contributed by atoms with Crippen molar-refractivity contribution in [3.63, 3.8) is 0 Å². The van der Waals surface area contributed by atoms with Crippen LogP contribution < -0.4 is 11.1 Å².